The molecule has 2 aromatic rings. The Morgan fingerprint density at radius 1 is 1.03 bits per heavy atom. The average molecular weight is 483 g/mol. The monoisotopic (exact) mass is 482 g/mol. The Hall–Kier alpha value is -2.72. The molecule has 1 aliphatic rings. The number of sulfonamides is 1. The SMILES string of the molecule is COc1ccc(CNC(=O)CCc2ccc(S(=O)(=O)N3CCCCC3)cc2)cc1OC(F)F. The van der Waals surface area contributed by atoms with Gasteiger partial charge in [-0.25, -0.2) is 8.42 Å². The molecule has 0 bridgehead atoms. The molecule has 1 amide bonds. The first-order valence-corrected chi connectivity index (χ1v) is 12.2. The fraction of sp³-hybridized carbons (Fsp3) is 0.435. The number of amides is 1. The molecule has 1 fully saturated rings. The average Bonchev–Trinajstić information content (AvgIpc) is 2.82. The minimum absolute atomic E-state index is 0.0983. The molecule has 0 unspecified atom stereocenters. The lowest BCUT2D eigenvalue weighted by Crippen LogP contribution is -2.35. The van der Waals surface area contributed by atoms with Crippen LogP contribution in [0.3, 0.4) is 0 Å². The molecule has 180 valence electrons. The van der Waals surface area contributed by atoms with Gasteiger partial charge in [-0.2, -0.15) is 13.1 Å². The second-order valence-electron chi connectivity index (χ2n) is 7.75. The Bertz CT molecular complexity index is 1040. The van der Waals surface area contributed by atoms with Gasteiger partial charge < -0.3 is 14.8 Å². The van der Waals surface area contributed by atoms with Gasteiger partial charge in [0.25, 0.3) is 0 Å². The van der Waals surface area contributed by atoms with E-state index in [4.69, 9.17) is 4.74 Å². The molecule has 0 saturated carbocycles. The molecule has 1 aliphatic heterocycles. The smallest absolute Gasteiger partial charge is 0.387 e. The van der Waals surface area contributed by atoms with Crippen molar-refractivity contribution in [2.24, 2.45) is 0 Å². The number of piperidine rings is 1. The van der Waals surface area contributed by atoms with Gasteiger partial charge >= 0.3 is 6.61 Å². The van der Waals surface area contributed by atoms with Gasteiger partial charge in [0.2, 0.25) is 15.9 Å². The van der Waals surface area contributed by atoms with E-state index in [1.807, 2.05) is 0 Å². The zero-order valence-electron chi connectivity index (χ0n) is 18.4. The Morgan fingerprint density at radius 2 is 1.70 bits per heavy atom. The van der Waals surface area contributed by atoms with Crippen LogP contribution in [-0.2, 0) is 27.8 Å². The van der Waals surface area contributed by atoms with Gasteiger partial charge in [-0.3, -0.25) is 4.79 Å². The molecule has 1 saturated heterocycles. The van der Waals surface area contributed by atoms with Crippen LogP contribution in [0.2, 0.25) is 0 Å². The molecule has 33 heavy (non-hydrogen) atoms. The lowest BCUT2D eigenvalue weighted by atomic mass is 10.1. The van der Waals surface area contributed by atoms with Crippen molar-refractivity contribution in [1.82, 2.24) is 9.62 Å². The van der Waals surface area contributed by atoms with Gasteiger partial charge in [0.05, 0.1) is 12.0 Å². The zero-order chi connectivity index (χ0) is 23.8. The van der Waals surface area contributed by atoms with Crippen LogP contribution in [0.15, 0.2) is 47.4 Å². The molecule has 7 nitrogen and oxygen atoms in total. The van der Waals surface area contributed by atoms with Gasteiger partial charge in [-0.1, -0.05) is 24.6 Å². The topological polar surface area (TPSA) is 84.9 Å². The lowest BCUT2D eigenvalue weighted by molar-refractivity contribution is -0.121. The van der Waals surface area contributed by atoms with E-state index >= 15 is 0 Å². The number of halogens is 2. The van der Waals surface area contributed by atoms with Crippen LogP contribution in [0, 0.1) is 0 Å². The number of carbonyl (C=O) groups excluding carboxylic acids is 1. The Balaban J connectivity index is 1.51. The van der Waals surface area contributed by atoms with E-state index in [2.05, 4.69) is 10.1 Å². The van der Waals surface area contributed by atoms with Crippen molar-refractivity contribution < 1.29 is 31.5 Å². The third kappa shape index (κ3) is 6.88. The number of rotatable bonds is 10. The largest absolute Gasteiger partial charge is 0.493 e. The third-order valence-electron chi connectivity index (χ3n) is 5.45. The molecule has 1 heterocycles. The fourth-order valence-corrected chi connectivity index (χ4v) is 5.17. The van der Waals surface area contributed by atoms with E-state index in [0.717, 1.165) is 24.8 Å². The fourth-order valence-electron chi connectivity index (χ4n) is 3.65. The zero-order valence-corrected chi connectivity index (χ0v) is 19.2. The van der Waals surface area contributed by atoms with Crippen molar-refractivity contribution in [3.8, 4) is 11.5 Å². The van der Waals surface area contributed by atoms with Crippen LogP contribution in [0.5, 0.6) is 11.5 Å². The van der Waals surface area contributed by atoms with Crippen LogP contribution in [0.25, 0.3) is 0 Å². The highest BCUT2D eigenvalue weighted by Gasteiger charge is 2.25. The number of carbonyl (C=O) groups is 1. The number of hydrogen-bond acceptors (Lipinski definition) is 5. The molecule has 10 heteroatoms. The van der Waals surface area contributed by atoms with Crippen LogP contribution >= 0.6 is 0 Å². The predicted octanol–water partition coefficient (Wildman–Crippen LogP) is 3.72. The van der Waals surface area contributed by atoms with Crippen LogP contribution in [0.4, 0.5) is 8.78 Å². The van der Waals surface area contributed by atoms with Gasteiger partial charge in [0.15, 0.2) is 11.5 Å². The Labute approximate surface area is 192 Å². The van der Waals surface area contributed by atoms with E-state index in [1.54, 1.807) is 30.3 Å². The molecule has 0 aliphatic carbocycles. The number of aryl methyl sites for hydroxylation is 1. The van der Waals surface area contributed by atoms with Crippen molar-refractivity contribution in [2.45, 2.75) is 50.2 Å². The van der Waals surface area contributed by atoms with Gasteiger partial charge in [-0.15, -0.1) is 0 Å². The van der Waals surface area contributed by atoms with Gasteiger partial charge in [0, 0.05) is 26.1 Å². The molecule has 2 aromatic carbocycles. The maximum Gasteiger partial charge on any atom is 0.387 e. The van der Waals surface area contributed by atoms with E-state index < -0.39 is 16.6 Å². The number of benzene rings is 2. The Kier molecular flexibility index (Phi) is 8.62. The molecule has 0 spiro atoms. The van der Waals surface area contributed by atoms with Crippen molar-refractivity contribution in [3.05, 3.63) is 53.6 Å². The summed E-state index contributed by atoms with van der Waals surface area (Å²) in [4.78, 5) is 12.5. The molecular formula is C23H28F2N2O5S. The summed E-state index contributed by atoms with van der Waals surface area (Å²) in [6.45, 7) is -1.73. The minimum atomic E-state index is -3.48. The number of methoxy groups -OCH3 is 1. The molecular weight excluding hydrogens is 454 g/mol. The molecule has 1 N–H and O–H groups in total. The molecule has 3 rings (SSSR count). The molecule has 0 radical (unpaired) electrons. The highest BCUT2D eigenvalue weighted by molar-refractivity contribution is 7.89. The summed E-state index contributed by atoms with van der Waals surface area (Å²) in [7, 11) is -2.13. The second-order valence-corrected chi connectivity index (χ2v) is 9.69. The number of ether oxygens (including phenoxy) is 2. The summed E-state index contributed by atoms with van der Waals surface area (Å²) in [5.74, 6) is -0.137. The highest BCUT2D eigenvalue weighted by Crippen LogP contribution is 2.29. The second kappa shape index (κ2) is 11.4. The van der Waals surface area contributed by atoms with Crippen LogP contribution < -0.4 is 14.8 Å². The lowest BCUT2D eigenvalue weighted by Gasteiger charge is -2.25. The quantitative estimate of drug-likeness (QED) is 0.558. The van der Waals surface area contributed by atoms with Crippen molar-refractivity contribution in [1.29, 1.82) is 0 Å². The number of nitrogens with zero attached hydrogens (tertiary/aromatic N) is 1. The third-order valence-corrected chi connectivity index (χ3v) is 7.36. The van der Waals surface area contributed by atoms with E-state index in [9.17, 15) is 22.0 Å². The first-order valence-electron chi connectivity index (χ1n) is 10.8. The number of alkyl halides is 2. The highest BCUT2D eigenvalue weighted by atomic mass is 32.2. The maximum atomic E-state index is 12.7. The molecule has 0 aromatic heterocycles. The first kappa shape index (κ1) is 24.9. The standard InChI is InChI=1S/C23H28F2N2O5S/c1-31-20-11-7-18(15-21(20)32-23(24)25)16-26-22(28)12-8-17-5-9-19(10-6-17)33(29,30)27-13-3-2-4-14-27/h5-7,9-11,15,23H,2-4,8,12-14,16H2,1H3,(H,26,28). The first-order chi connectivity index (χ1) is 15.8. The summed E-state index contributed by atoms with van der Waals surface area (Å²) in [6.07, 6.45) is 3.45. The maximum absolute atomic E-state index is 12.7. The number of hydrogen-bond donors (Lipinski definition) is 1. The predicted molar refractivity (Wildman–Crippen MR) is 119 cm³/mol. The van der Waals surface area contributed by atoms with Gasteiger partial charge in [0.1, 0.15) is 0 Å². The minimum Gasteiger partial charge on any atom is -0.493 e. The van der Waals surface area contributed by atoms with E-state index in [1.165, 1.54) is 23.5 Å². The van der Waals surface area contributed by atoms with E-state index in [0.29, 0.717) is 25.1 Å². The normalized spacial score (nSPS) is 14.8. The summed E-state index contributed by atoms with van der Waals surface area (Å²) in [6, 6.07) is 11.2. The van der Waals surface area contributed by atoms with Crippen LogP contribution in [0.1, 0.15) is 36.8 Å². The summed E-state index contributed by atoms with van der Waals surface area (Å²) < 4.78 is 61.5. The summed E-state index contributed by atoms with van der Waals surface area (Å²) >= 11 is 0. The van der Waals surface area contributed by atoms with Gasteiger partial charge in [-0.05, 0) is 54.7 Å². The summed E-state index contributed by atoms with van der Waals surface area (Å²) in [5.41, 5.74) is 1.44. The van der Waals surface area contributed by atoms with Crippen molar-refractivity contribution in [3.63, 3.8) is 0 Å². The van der Waals surface area contributed by atoms with Crippen molar-refractivity contribution in [2.75, 3.05) is 20.2 Å². The number of nitrogens with one attached hydrogen (secondary N) is 1. The Morgan fingerprint density at radius 3 is 2.33 bits per heavy atom. The molecule has 0 atom stereocenters. The van der Waals surface area contributed by atoms with E-state index in [-0.39, 0.29) is 35.3 Å². The van der Waals surface area contributed by atoms with Crippen LogP contribution in [-0.4, -0.2) is 45.4 Å². The van der Waals surface area contributed by atoms with Crippen molar-refractivity contribution >= 4 is 15.9 Å². The summed E-state index contributed by atoms with van der Waals surface area (Å²) in [5, 5.41) is 2.74.